The van der Waals surface area contributed by atoms with E-state index in [2.05, 4.69) is 52.9 Å². The Morgan fingerprint density at radius 1 is 1.14 bits per heavy atom. The van der Waals surface area contributed by atoms with Gasteiger partial charge in [0.2, 0.25) is 11.8 Å². The van der Waals surface area contributed by atoms with Crippen LogP contribution in [0.25, 0.3) is 0 Å². The molecule has 154 valence electrons. The molecule has 1 aromatic carbocycles. The predicted octanol–water partition coefficient (Wildman–Crippen LogP) is 2.25. The lowest BCUT2D eigenvalue weighted by Gasteiger charge is -2.18. The Morgan fingerprint density at radius 3 is 2.52 bits per heavy atom. The van der Waals surface area contributed by atoms with Gasteiger partial charge in [0, 0.05) is 19.6 Å². The third kappa shape index (κ3) is 3.93. The number of carbonyl (C=O) groups is 2. The van der Waals surface area contributed by atoms with Crippen LogP contribution in [-0.4, -0.2) is 42.3 Å². The number of aryl methyl sites for hydroxylation is 1. The van der Waals surface area contributed by atoms with E-state index in [1.165, 1.54) is 16.0 Å². The lowest BCUT2D eigenvalue weighted by atomic mass is 9.85. The summed E-state index contributed by atoms with van der Waals surface area (Å²) in [4.78, 5) is 31.6. The van der Waals surface area contributed by atoms with Crippen LogP contribution in [0.1, 0.15) is 30.9 Å². The first-order valence-electron chi connectivity index (χ1n) is 10.7. The van der Waals surface area contributed by atoms with E-state index in [0.29, 0.717) is 26.1 Å². The Balaban J connectivity index is 1.27. The third-order valence-electron chi connectivity index (χ3n) is 6.26. The molecular weight excluding hydrogens is 364 g/mol. The monoisotopic (exact) mass is 394 g/mol. The Labute approximate surface area is 172 Å². The average Bonchev–Trinajstić information content (AvgIpc) is 3.38. The smallest absolute Gasteiger partial charge is 0.233 e. The minimum atomic E-state index is -0.0985. The fourth-order valence-electron chi connectivity index (χ4n) is 4.95. The van der Waals surface area contributed by atoms with Gasteiger partial charge in [0.05, 0.1) is 18.4 Å². The second kappa shape index (κ2) is 8.39. The zero-order valence-corrected chi connectivity index (χ0v) is 17.2. The first kappa shape index (κ1) is 19.7. The Hall–Kier alpha value is -2.63. The van der Waals surface area contributed by atoms with Gasteiger partial charge in [-0.1, -0.05) is 42.0 Å². The molecule has 1 aliphatic heterocycles. The number of nitrogens with one attached hydrogen (secondary N) is 2. The summed E-state index contributed by atoms with van der Waals surface area (Å²) in [5.41, 5.74) is 2.40. The molecule has 4 unspecified atom stereocenters. The van der Waals surface area contributed by atoms with Crippen molar-refractivity contribution in [2.45, 2.75) is 33.2 Å². The van der Waals surface area contributed by atoms with Crippen LogP contribution in [0.4, 0.5) is 0 Å². The first-order chi connectivity index (χ1) is 14.1. The zero-order valence-electron chi connectivity index (χ0n) is 17.2. The SMILES string of the molecule is CCNC(=NCc1cccc(C)c1)NCCCN1C(=O)C2C3C=CC(C3)C2C1=O. The largest absolute Gasteiger partial charge is 0.357 e. The van der Waals surface area contributed by atoms with Gasteiger partial charge in [0.1, 0.15) is 0 Å². The number of guanidine groups is 1. The van der Waals surface area contributed by atoms with Gasteiger partial charge in [-0.05, 0) is 44.1 Å². The fraction of sp³-hybridized carbons (Fsp3) is 0.522. The molecule has 2 amide bonds. The average molecular weight is 395 g/mol. The quantitative estimate of drug-likeness (QED) is 0.245. The lowest BCUT2D eigenvalue weighted by molar-refractivity contribution is -0.140. The molecule has 2 bridgehead atoms. The second-order valence-electron chi connectivity index (χ2n) is 8.29. The topological polar surface area (TPSA) is 73.8 Å². The number of rotatable bonds is 7. The molecule has 6 nitrogen and oxygen atoms in total. The van der Waals surface area contributed by atoms with E-state index in [4.69, 9.17) is 0 Å². The number of nitrogens with zero attached hydrogens (tertiary/aromatic N) is 2. The summed E-state index contributed by atoms with van der Waals surface area (Å²) in [6.45, 7) is 6.65. The predicted molar refractivity (Wildman–Crippen MR) is 113 cm³/mol. The van der Waals surface area contributed by atoms with Gasteiger partial charge in [0.25, 0.3) is 0 Å². The molecule has 6 heteroatoms. The van der Waals surface area contributed by atoms with Crippen LogP contribution >= 0.6 is 0 Å². The van der Waals surface area contributed by atoms with Gasteiger partial charge in [-0.25, -0.2) is 4.99 Å². The van der Waals surface area contributed by atoms with Crippen molar-refractivity contribution >= 4 is 17.8 Å². The maximum Gasteiger partial charge on any atom is 0.233 e. The van der Waals surface area contributed by atoms with Crippen LogP contribution in [0.2, 0.25) is 0 Å². The lowest BCUT2D eigenvalue weighted by Crippen LogP contribution is -2.40. The van der Waals surface area contributed by atoms with E-state index in [-0.39, 0.29) is 35.5 Å². The van der Waals surface area contributed by atoms with E-state index >= 15 is 0 Å². The molecule has 2 N–H and O–H groups in total. The van der Waals surface area contributed by atoms with Crippen LogP contribution in [0.3, 0.4) is 0 Å². The molecular formula is C23H30N4O2. The maximum absolute atomic E-state index is 12.7. The van der Waals surface area contributed by atoms with Crippen molar-refractivity contribution in [1.82, 2.24) is 15.5 Å². The van der Waals surface area contributed by atoms with Crippen LogP contribution in [0, 0.1) is 30.6 Å². The molecule has 0 aromatic heterocycles. The molecule has 1 saturated carbocycles. The summed E-state index contributed by atoms with van der Waals surface area (Å²) < 4.78 is 0. The van der Waals surface area contributed by atoms with E-state index in [1.807, 2.05) is 13.0 Å². The minimum absolute atomic E-state index is 0.0388. The molecule has 29 heavy (non-hydrogen) atoms. The van der Waals surface area contributed by atoms with Crippen molar-refractivity contribution in [2.24, 2.45) is 28.7 Å². The number of allylic oxidation sites excluding steroid dienone is 2. The van der Waals surface area contributed by atoms with Gasteiger partial charge in [-0.3, -0.25) is 14.5 Å². The number of benzene rings is 1. The summed E-state index contributed by atoms with van der Waals surface area (Å²) in [6.07, 6.45) is 5.96. The molecule has 0 spiro atoms. The fourth-order valence-corrected chi connectivity index (χ4v) is 4.95. The van der Waals surface area contributed by atoms with Crippen LogP contribution in [-0.2, 0) is 16.1 Å². The van der Waals surface area contributed by atoms with Crippen molar-refractivity contribution < 1.29 is 9.59 Å². The van der Waals surface area contributed by atoms with E-state index in [1.54, 1.807) is 0 Å². The molecule has 0 radical (unpaired) electrons. The van der Waals surface area contributed by atoms with Crippen molar-refractivity contribution in [3.63, 3.8) is 0 Å². The van der Waals surface area contributed by atoms with Crippen molar-refractivity contribution in [2.75, 3.05) is 19.6 Å². The van der Waals surface area contributed by atoms with Crippen molar-refractivity contribution in [3.8, 4) is 0 Å². The highest BCUT2D eigenvalue weighted by Gasteiger charge is 2.58. The number of amides is 2. The highest BCUT2D eigenvalue weighted by atomic mass is 16.2. The van der Waals surface area contributed by atoms with E-state index in [0.717, 1.165) is 18.9 Å². The third-order valence-corrected chi connectivity index (χ3v) is 6.26. The Kier molecular flexibility index (Phi) is 5.69. The first-order valence-corrected chi connectivity index (χ1v) is 10.7. The number of hydrogen-bond donors (Lipinski definition) is 2. The van der Waals surface area contributed by atoms with Crippen LogP contribution in [0.5, 0.6) is 0 Å². The summed E-state index contributed by atoms with van der Waals surface area (Å²) in [7, 11) is 0. The highest BCUT2D eigenvalue weighted by molar-refractivity contribution is 6.06. The Bertz CT molecular complexity index is 817. The van der Waals surface area contributed by atoms with Gasteiger partial charge in [-0.15, -0.1) is 0 Å². The zero-order chi connectivity index (χ0) is 20.4. The Morgan fingerprint density at radius 2 is 1.86 bits per heavy atom. The molecule has 1 saturated heterocycles. The summed E-state index contributed by atoms with van der Waals surface area (Å²) >= 11 is 0. The van der Waals surface area contributed by atoms with Crippen molar-refractivity contribution in [3.05, 3.63) is 47.5 Å². The van der Waals surface area contributed by atoms with Crippen LogP contribution in [0.15, 0.2) is 41.4 Å². The molecule has 2 aliphatic carbocycles. The van der Waals surface area contributed by atoms with Gasteiger partial charge >= 0.3 is 0 Å². The number of imide groups is 1. The molecule has 4 rings (SSSR count). The van der Waals surface area contributed by atoms with E-state index < -0.39 is 0 Å². The number of likely N-dealkylation sites (tertiary alicyclic amines) is 1. The normalized spacial score (nSPS) is 27.7. The summed E-state index contributed by atoms with van der Waals surface area (Å²) in [5.74, 6) is 1.19. The standard InChI is InChI=1S/C23H30N4O2/c1-3-24-23(26-14-16-7-4-6-15(2)12-16)25-10-5-11-27-21(28)19-17-8-9-18(13-17)20(19)22(27)29/h4,6-9,12,17-20H,3,5,10-11,13-14H2,1-2H3,(H2,24,25,26). The number of aliphatic imine (C=N–C) groups is 1. The minimum Gasteiger partial charge on any atom is -0.357 e. The summed E-state index contributed by atoms with van der Waals surface area (Å²) in [6, 6.07) is 8.33. The molecule has 1 heterocycles. The molecule has 4 atom stereocenters. The summed E-state index contributed by atoms with van der Waals surface area (Å²) in [5, 5.41) is 6.57. The molecule has 2 fully saturated rings. The van der Waals surface area contributed by atoms with Crippen LogP contribution < -0.4 is 10.6 Å². The van der Waals surface area contributed by atoms with Gasteiger partial charge in [0.15, 0.2) is 5.96 Å². The molecule has 1 aromatic rings. The highest BCUT2D eigenvalue weighted by Crippen LogP contribution is 2.52. The number of fused-ring (bicyclic) bond motifs is 5. The maximum atomic E-state index is 12.7. The number of hydrogen-bond acceptors (Lipinski definition) is 3. The molecule has 3 aliphatic rings. The second-order valence-corrected chi connectivity index (χ2v) is 8.29. The number of carbonyl (C=O) groups excluding carboxylic acids is 2. The van der Waals surface area contributed by atoms with Gasteiger partial charge in [-0.2, -0.15) is 0 Å². The van der Waals surface area contributed by atoms with E-state index in [9.17, 15) is 9.59 Å². The van der Waals surface area contributed by atoms with Crippen molar-refractivity contribution in [1.29, 1.82) is 0 Å². The van der Waals surface area contributed by atoms with Gasteiger partial charge < -0.3 is 10.6 Å².